The summed E-state index contributed by atoms with van der Waals surface area (Å²) in [6.07, 6.45) is -1.17. The Hall–Kier alpha value is -4.23. The van der Waals surface area contributed by atoms with Crippen molar-refractivity contribution in [2.45, 2.75) is 64.3 Å². The van der Waals surface area contributed by atoms with E-state index in [1.807, 2.05) is 6.92 Å². The first-order valence-corrected chi connectivity index (χ1v) is 13.1. The number of hydrogen-bond acceptors (Lipinski definition) is 8. The predicted molar refractivity (Wildman–Crippen MR) is 133 cm³/mol. The van der Waals surface area contributed by atoms with Gasteiger partial charge in [0.2, 0.25) is 40.9 Å². The molecule has 1 heterocycles. The first kappa shape index (κ1) is 32.3. The molecule has 0 bridgehead atoms. The molecule has 3 unspecified atom stereocenters. The van der Waals surface area contributed by atoms with Gasteiger partial charge in [-0.05, 0) is 18.4 Å². The molecule has 1 amide bonds. The van der Waals surface area contributed by atoms with Crippen LogP contribution in [0.4, 0.5) is 26.7 Å². The monoisotopic (exact) mass is 601 g/mol. The quantitative estimate of drug-likeness (QED) is 0.0497. The van der Waals surface area contributed by atoms with Crippen LogP contribution in [-0.4, -0.2) is 42.8 Å². The van der Waals surface area contributed by atoms with E-state index in [1.165, 1.54) is 0 Å². The van der Waals surface area contributed by atoms with Crippen LogP contribution in [0.25, 0.3) is 0 Å². The molecule has 1 aliphatic heterocycles. The summed E-state index contributed by atoms with van der Waals surface area (Å²) in [5, 5.41) is 2.27. The fraction of sp³-hybridized carbons (Fsp3) is 0.429. The van der Waals surface area contributed by atoms with Gasteiger partial charge in [0.05, 0.1) is 0 Å². The van der Waals surface area contributed by atoms with Crippen LogP contribution in [-0.2, 0) is 35.2 Å². The molecule has 3 atom stereocenters. The van der Waals surface area contributed by atoms with Crippen LogP contribution in [0.3, 0.4) is 0 Å². The summed E-state index contributed by atoms with van der Waals surface area (Å²) < 4.78 is 88.5. The summed E-state index contributed by atoms with van der Waals surface area (Å²) in [4.78, 5) is 49.8. The summed E-state index contributed by atoms with van der Waals surface area (Å²) in [5.41, 5.74) is 0.669. The van der Waals surface area contributed by atoms with Gasteiger partial charge in [0.1, 0.15) is 12.7 Å². The average molecular weight is 602 g/mol. The van der Waals surface area contributed by atoms with Gasteiger partial charge in [0.15, 0.2) is 5.92 Å². The van der Waals surface area contributed by atoms with Gasteiger partial charge in [-0.3, -0.25) is 9.59 Å². The molecule has 1 fully saturated rings. The minimum atomic E-state index is -2.47. The maximum atomic E-state index is 14.1. The molecule has 228 valence electrons. The van der Waals surface area contributed by atoms with Gasteiger partial charge in [0, 0.05) is 19.4 Å². The van der Waals surface area contributed by atoms with Crippen molar-refractivity contribution < 1.29 is 60.1 Å². The third-order valence-corrected chi connectivity index (χ3v) is 6.26. The maximum Gasteiger partial charge on any atom is 0.407 e. The van der Waals surface area contributed by atoms with E-state index >= 15 is 0 Å². The van der Waals surface area contributed by atoms with E-state index in [4.69, 9.17) is 14.2 Å². The van der Waals surface area contributed by atoms with Crippen LogP contribution >= 0.6 is 0 Å². The number of rotatable bonds is 13. The van der Waals surface area contributed by atoms with Gasteiger partial charge >= 0.3 is 24.0 Å². The molecule has 0 spiro atoms. The van der Waals surface area contributed by atoms with Crippen LogP contribution in [0.15, 0.2) is 30.3 Å². The summed E-state index contributed by atoms with van der Waals surface area (Å²) in [6, 6.07) is 8.59. The molecule has 1 N–H and O–H groups in total. The van der Waals surface area contributed by atoms with Crippen molar-refractivity contribution >= 4 is 24.0 Å². The third kappa shape index (κ3) is 8.40. The van der Waals surface area contributed by atoms with Crippen LogP contribution < -0.4 is 10.1 Å². The molecule has 2 aromatic rings. The van der Waals surface area contributed by atoms with E-state index in [9.17, 15) is 41.1 Å². The lowest BCUT2D eigenvalue weighted by molar-refractivity contribution is -0.168. The fourth-order valence-corrected chi connectivity index (χ4v) is 4.01. The first-order chi connectivity index (χ1) is 20.0. The van der Waals surface area contributed by atoms with E-state index in [2.05, 4.69) is 10.1 Å². The van der Waals surface area contributed by atoms with Gasteiger partial charge in [-0.15, -0.1) is 0 Å². The number of hydrogen-bond donors (Lipinski definition) is 1. The molecule has 3 rings (SSSR count). The summed E-state index contributed by atoms with van der Waals surface area (Å²) in [5.74, 6) is -19.3. The van der Waals surface area contributed by atoms with E-state index in [0.717, 1.165) is 19.3 Å². The second kappa shape index (κ2) is 15.1. The van der Waals surface area contributed by atoms with Crippen LogP contribution in [0.2, 0.25) is 0 Å². The molecule has 2 aromatic carbocycles. The molecule has 0 aromatic heterocycles. The van der Waals surface area contributed by atoms with Crippen LogP contribution in [0.1, 0.15) is 51.0 Å². The van der Waals surface area contributed by atoms with Crippen molar-refractivity contribution in [1.29, 1.82) is 0 Å². The Morgan fingerprint density at radius 2 is 1.62 bits per heavy atom. The number of unbranched alkanes of at least 4 members (excludes halogenated alkanes) is 2. The predicted octanol–water partition coefficient (Wildman–Crippen LogP) is 5.03. The van der Waals surface area contributed by atoms with Crippen molar-refractivity contribution in [2.75, 3.05) is 6.54 Å². The Kier molecular flexibility index (Phi) is 11.6. The SMILES string of the molecule is CCCCCC1CC(C(=O)OC(CCNC(=O)OCc2ccccc2)C(=O)Oc2c(F)c(F)c(F)c(F)c2F)C(=O)O1. The number of amides is 1. The van der Waals surface area contributed by atoms with Gasteiger partial charge in [0.25, 0.3) is 0 Å². The Bertz CT molecular complexity index is 1260. The highest BCUT2D eigenvalue weighted by Crippen LogP contribution is 2.30. The number of carbonyl (C=O) groups is 4. The summed E-state index contributed by atoms with van der Waals surface area (Å²) >= 11 is 0. The topological polar surface area (TPSA) is 117 Å². The van der Waals surface area contributed by atoms with Crippen molar-refractivity contribution in [2.24, 2.45) is 5.92 Å². The number of benzene rings is 2. The molecule has 0 aliphatic carbocycles. The zero-order chi connectivity index (χ0) is 30.8. The fourth-order valence-electron chi connectivity index (χ4n) is 4.01. The zero-order valence-electron chi connectivity index (χ0n) is 22.4. The normalized spacial score (nSPS) is 16.9. The van der Waals surface area contributed by atoms with Gasteiger partial charge in [-0.2, -0.15) is 8.78 Å². The number of cyclic esters (lactones) is 1. The Balaban J connectivity index is 1.69. The number of alkyl carbamates (subject to hydrolysis) is 1. The van der Waals surface area contributed by atoms with E-state index < -0.39 is 89.9 Å². The first-order valence-electron chi connectivity index (χ1n) is 13.1. The highest BCUT2D eigenvalue weighted by atomic mass is 19.2. The van der Waals surface area contributed by atoms with Gasteiger partial charge < -0.3 is 24.3 Å². The lowest BCUT2D eigenvalue weighted by atomic mass is 10.0. The summed E-state index contributed by atoms with van der Waals surface area (Å²) in [6.45, 7) is 1.45. The average Bonchev–Trinajstić information content (AvgIpc) is 3.36. The minimum absolute atomic E-state index is 0.0507. The molecule has 42 heavy (non-hydrogen) atoms. The lowest BCUT2D eigenvalue weighted by Crippen LogP contribution is -2.38. The molecular weight excluding hydrogens is 573 g/mol. The Morgan fingerprint density at radius 1 is 0.976 bits per heavy atom. The number of halogens is 5. The smallest absolute Gasteiger partial charge is 0.407 e. The van der Waals surface area contributed by atoms with Crippen molar-refractivity contribution in [3.8, 4) is 5.75 Å². The molecule has 9 nitrogen and oxygen atoms in total. The van der Waals surface area contributed by atoms with Crippen LogP contribution in [0.5, 0.6) is 5.75 Å². The minimum Gasteiger partial charge on any atom is -0.462 e. The third-order valence-electron chi connectivity index (χ3n) is 6.26. The highest BCUT2D eigenvalue weighted by Gasteiger charge is 2.42. The van der Waals surface area contributed by atoms with Gasteiger partial charge in [-0.25, -0.2) is 22.8 Å². The lowest BCUT2D eigenvalue weighted by Gasteiger charge is -2.19. The van der Waals surface area contributed by atoms with Crippen LogP contribution in [0, 0.1) is 35.0 Å². The molecule has 0 radical (unpaired) electrons. The number of esters is 3. The van der Waals surface area contributed by atoms with E-state index in [0.29, 0.717) is 12.0 Å². The number of ether oxygens (including phenoxy) is 4. The summed E-state index contributed by atoms with van der Waals surface area (Å²) in [7, 11) is 0. The molecule has 14 heteroatoms. The van der Waals surface area contributed by atoms with Crippen molar-refractivity contribution in [1.82, 2.24) is 5.32 Å². The molecular formula is C28H28F5NO8. The standard InChI is InChI=1S/C28H28F5NO8/c1-2-3-5-10-16-13-17(25(35)40-16)26(36)41-18(11-12-34-28(38)39-14-15-8-6-4-7-9-15)27(37)42-24-22(32)20(30)19(29)21(31)23(24)33/h4,6-9,16-18H,2-3,5,10-14H2,1H3,(H,34,38). The molecule has 1 saturated heterocycles. The largest absolute Gasteiger partial charge is 0.462 e. The maximum absolute atomic E-state index is 14.1. The Labute approximate surface area is 237 Å². The number of nitrogens with one attached hydrogen (secondary N) is 1. The second-order valence-corrected chi connectivity index (χ2v) is 9.37. The van der Waals surface area contributed by atoms with Gasteiger partial charge in [-0.1, -0.05) is 50.1 Å². The zero-order valence-corrected chi connectivity index (χ0v) is 22.4. The van der Waals surface area contributed by atoms with Crippen molar-refractivity contribution in [3.63, 3.8) is 0 Å². The number of carbonyl (C=O) groups excluding carboxylic acids is 4. The highest BCUT2D eigenvalue weighted by molar-refractivity contribution is 5.97. The van der Waals surface area contributed by atoms with E-state index in [1.54, 1.807) is 30.3 Å². The molecule has 1 aliphatic rings. The molecule has 0 saturated carbocycles. The Morgan fingerprint density at radius 3 is 2.26 bits per heavy atom. The van der Waals surface area contributed by atoms with E-state index in [-0.39, 0.29) is 13.0 Å². The second-order valence-electron chi connectivity index (χ2n) is 9.37. The van der Waals surface area contributed by atoms with Crippen molar-refractivity contribution in [3.05, 3.63) is 65.0 Å².